The number of quaternary nitrogens is 1. The van der Waals surface area contributed by atoms with Crippen molar-refractivity contribution >= 4 is 68.7 Å². The van der Waals surface area contributed by atoms with Gasteiger partial charge in [0.2, 0.25) is 17.7 Å². The van der Waals surface area contributed by atoms with E-state index in [-0.39, 0.29) is 59.2 Å². The molecule has 11 rings (SSSR count). The molecule has 19 heteroatoms. The van der Waals surface area contributed by atoms with Gasteiger partial charge in [-0.1, -0.05) is 48.3 Å². The highest BCUT2D eigenvalue weighted by Gasteiger charge is 2.46. The molecule has 18 nitrogen and oxygen atoms in total. The molecule has 3 fully saturated rings. The monoisotopic (exact) mass is 1020 g/mol. The van der Waals surface area contributed by atoms with Gasteiger partial charge in [-0.05, 0) is 99.2 Å². The van der Waals surface area contributed by atoms with E-state index in [1.807, 2.05) is 42.2 Å². The number of primary amides is 1. The van der Waals surface area contributed by atoms with Crippen LogP contribution in [0.15, 0.2) is 67.0 Å². The molecule has 0 atom stereocenters. The van der Waals surface area contributed by atoms with E-state index < -0.39 is 11.7 Å². The Balaban J connectivity index is 0.650. The summed E-state index contributed by atoms with van der Waals surface area (Å²) in [6, 6.07) is 17.1. The van der Waals surface area contributed by atoms with Crippen molar-refractivity contribution in [1.29, 1.82) is 0 Å². The molecule has 3 aromatic carbocycles. The number of halogens is 1. The Kier molecular flexibility index (Phi) is 15.5. The average molecular weight is 1020 g/mol. The summed E-state index contributed by atoms with van der Waals surface area (Å²) in [5.41, 5.74) is 11.0. The highest BCUT2D eigenvalue weighted by molar-refractivity contribution is 6.00. The number of carbonyl (C=O) groups is 5. The highest BCUT2D eigenvalue weighted by atomic mass is 19.1. The van der Waals surface area contributed by atoms with Crippen molar-refractivity contribution in [3.63, 3.8) is 0 Å². The van der Waals surface area contributed by atoms with E-state index in [0.29, 0.717) is 79.2 Å². The number of likely N-dealkylation sites (tertiary alicyclic amines) is 1. The first-order valence-electron chi connectivity index (χ1n) is 27.2. The van der Waals surface area contributed by atoms with E-state index in [1.165, 1.54) is 18.1 Å². The van der Waals surface area contributed by atoms with Gasteiger partial charge in [0.05, 0.1) is 30.0 Å². The molecule has 0 saturated carbocycles. The second-order valence-electron chi connectivity index (χ2n) is 20.8. The predicted molar refractivity (Wildman–Crippen MR) is 286 cm³/mol. The summed E-state index contributed by atoms with van der Waals surface area (Å²) in [5, 5.41) is 20.3. The lowest BCUT2D eigenvalue weighted by molar-refractivity contribution is -0.141. The van der Waals surface area contributed by atoms with Crippen LogP contribution in [0.25, 0.3) is 32.9 Å². The Bertz CT molecular complexity index is 3080. The van der Waals surface area contributed by atoms with Crippen LogP contribution in [0.5, 0.6) is 0 Å². The fourth-order valence-electron chi connectivity index (χ4n) is 11.8. The Morgan fingerprint density at radius 2 is 1.53 bits per heavy atom. The summed E-state index contributed by atoms with van der Waals surface area (Å²) in [5.74, 6) is 0.106. The summed E-state index contributed by atoms with van der Waals surface area (Å²) in [7, 11) is 0. The Morgan fingerprint density at radius 1 is 0.773 bits per heavy atom. The molecule has 0 unspecified atom stereocenters. The van der Waals surface area contributed by atoms with Gasteiger partial charge in [0.1, 0.15) is 36.8 Å². The number of likely N-dealkylation sites (N-methyl/N-ethyl adjacent to an activating group) is 1. The van der Waals surface area contributed by atoms with Crippen LogP contribution < -0.4 is 31.2 Å². The summed E-state index contributed by atoms with van der Waals surface area (Å²) >= 11 is 0. The summed E-state index contributed by atoms with van der Waals surface area (Å²) in [6.07, 6.45) is 14.7. The van der Waals surface area contributed by atoms with E-state index in [9.17, 15) is 24.0 Å². The number of piperidine rings is 3. The second kappa shape index (κ2) is 22.7. The molecule has 3 aromatic heterocycles. The normalized spacial score (nSPS) is 18.6. The number of rotatable bonds is 19. The maximum absolute atomic E-state index is 16.1. The number of nitrogens with zero attached hydrogens (tertiary/aromatic N) is 9. The highest BCUT2D eigenvalue weighted by Crippen LogP contribution is 2.42. The number of anilines is 3. The quantitative estimate of drug-likeness (QED) is 0.0462. The van der Waals surface area contributed by atoms with Crippen LogP contribution in [-0.2, 0) is 25.7 Å². The Hall–Kier alpha value is -7.28. The molecule has 75 heavy (non-hydrogen) atoms. The van der Waals surface area contributed by atoms with Crippen LogP contribution in [0.4, 0.5) is 21.7 Å². The molecule has 5 aliphatic heterocycles. The van der Waals surface area contributed by atoms with E-state index in [4.69, 9.17) is 20.9 Å². The number of fused-ring (bicyclic) bond motifs is 2. The Labute approximate surface area is 436 Å². The minimum absolute atomic E-state index is 0.0286. The molecular formula is C56H69FN13O5+. The third-order valence-electron chi connectivity index (χ3n) is 15.9. The Morgan fingerprint density at radius 3 is 2.29 bits per heavy atom. The molecule has 4 bridgehead atoms. The van der Waals surface area contributed by atoms with Crippen LogP contribution in [0.3, 0.4) is 0 Å². The molecule has 0 aliphatic carbocycles. The average Bonchev–Trinajstić information content (AvgIpc) is 4.05. The number of hydrogen-bond acceptors (Lipinski definition) is 11. The molecule has 394 valence electrons. The minimum atomic E-state index is -0.632. The molecule has 0 radical (unpaired) electrons. The fourth-order valence-corrected chi connectivity index (χ4v) is 11.8. The standard InChI is InChI=1S/C56H68FN13O5/c1-2-59-49(72)36-68-45-13-11-12-42-43-33-46-40(32-44(43)57)34-62-69(46)70(30-23-39(24-31-70)53(65-68)52(42)45)51(74)20-19-48(71)60-25-8-5-3-4-7-14-50(73)67-28-21-38(22-29-67)37-15-17-41(18-16-37)63-56-54(55(58)75)61-35-47(64-56)66-26-9-6-10-27-66/h11-13,15-18,32-35,38-39H,2-10,14,19-31,36H2,1H3,(H4-,58,59,60,63,64,71,72,75)/p+1. The van der Waals surface area contributed by atoms with Gasteiger partial charge in [-0.3, -0.25) is 23.9 Å². The number of aromatic nitrogens is 6. The van der Waals surface area contributed by atoms with Crippen LogP contribution >= 0.6 is 0 Å². The molecular weight excluding hydrogens is 954 g/mol. The maximum atomic E-state index is 16.1. The predicted octanol–water partition coefficient (Wildman–Crippen LogP) is 7.45. The van der Waals surface area contributed by atoms with Gasteiger partial charge in [0, 0.05) is 92.9 Å². The van der Waals surface area contributed by atoms with Gasteiger partial charge < -0.3 is 31.5 Å². The molecule has 8 heterocycles. The van der Waals surface area contributed by atoms with Crippen LogP contribution in [0, 0.1) is 5.82 Å². The summed E-state index contributed by atoms with van der Waals surface area (Å²) in [4.78, 5) is 80.8. The summed E-state index contributed by atoms with van der Waals surface area (Å²) in [6.45, 7) is 7.05. The second-order valence-corrected chi connectivity index (χ2v) is 20.8. The van der Waals surface area contributed by atoms with Crippen molar-refractivity contribution in [2.75, 3.05) is 62.6 Å². The van der Waals surface area contributed by atoms with Crippen molar-refractivity contribution in [3.05, 3.63) is 89.8 Å². The van der Waals surface area contributed by atoms with Crippen molar-refractivity contribution in [2.24, 2.45) is 5.73 Å². The zero-order chi connectivity index (χ0) is 52.1. The lowest BCUT2D eigenvalue weighted by Crippen LogP contribution is -2.65. The zero-order valence-electron chi connectivity index (χ0n) is 43.0. The third-order valence-corrected chi connectivity index (χ3v) is 15.9. The zero-order valence-corrected chi connectivity index (χ0v) is 43.0. The van der Waals surface area contributed by atoms with Crippen molar-refractivity contribution in [1.82, 2.24) is 49.8 Å². The number of carbonyl (C=O) groups excluding carboxylic acids is 5. The lowest BCUT2D eigenvalue weighted by atomic mass is 9.88. The molecule has 5 amide bonds. The van der Waals surface area contributed by atoms with Gasteiger partial charge in [-0.25, -0.2) is 19.2 Å². The van der Waals surface area contributed by atoms with E-state index in [1.54, 1.807) is 27.9 Å². The van der Waals surface area contributed by atoms with Crippen molar-refractivity contribution in [2.45, 2.75) is 122 Å². The van der Waals surface area contributed by atoms with Crippen LogP contribution in [0.1, 0.15) is 137 Å². The van der Waals surface area contributed by atoms with Gasteiger partial charge >= 0.3 is 5.91 Å². The van der Waals surface area contributed by atoms with Crippen LogP contribution in [-0.4, -0.2) is 116 Å². The molecule has 6 aromatic rings. The first-order valence-corrected chi connectivity index (χ1v) is 27.2. The van der Waals surface area contributed by atoms with E-state index in [0.717, 1.165) is 112 Å². The van der Waals surface area contributed by atoms with Gasteiger partial charge in [-0.15, -0.1) is 9.69 Å². The van der Waals surface area contributed by atoms with Gasteiger partial charge in [0.25, 0.3) is 5.91 Å². The van der Waals surface area contributed by atoms with Crippen molar-refractivity contribution in [3.8, 4) is 11.1 Å². The lowest BCUT2D eigenvalue weighted by Gasteiger charge is -2.39. The maximum Gasteiger partial charge on any atom is 0.340 e. The fraction of sp³-hybridized carbons (Fsp3) is 0.482. The SMILES string of the molecule is CCNC(=O)Cn1nc2c3c(cccc31)-c1cc3c(cnn3[N+]3(C(=O)CCC(=O)NCCCCCCCC(=O)N4CCC(c5ccc(Nc6nc(N7CCCCC7)cnc6C(N)=O)cc5)CC4)CCC2CC3)cc1F. The summed E-state index contributed by atoms with van der Waals surface area (Å²) < 4.78 is 17.7. The van der Waals surface area contributed by atoms with Gasteiger partial charge in [-0.2, -0.15) is 5.10 Å². The number of amides is 5. The molecule has 0 spiro atoms. The number of benzene rings is 3. The first-order chi connectivity index (χ1) is 36.5. The number of unbranched alkanes of at least 4 members (excludes halogenated alkanes) is 4. The molecule has 5 N–H and O–H groups in total. The van der Waals surface area contributed by atoms with E-state index in [2.05, 4.69) is 38.0 Å². The smallest absolute Gasteiger partial charge is 0.340 e. The minimum Gasteiger partial charge on any atom is -0.364 e. The number of nitrogens with one attached hydrogen (secondary N) is 3. The number of hydrogen-bond donors (Lipinski definition) is 4. The molecule has 3 saturated heterocycles. The van der Waals surface area contributed by atoms with Gasteiger partial charge in [0.15, 0.2) is 11.5 Å². The largest absolute Gasteiger partial charge is 0.364 e. The number of nitrogens with two attached hydrogens (primary N) is 1. The molecule has 5 aliphatic rings. The van der Waals surface area contributed by atoms with Crippen LogP contribution in [0.2, 0.25) is 0 Å². The third kappa shape index (κ3) is 11.0. The van der Waals surface area contributed by atoms with Crippen molar-refractivity contribution < 1.29 is 28.4 Å². The van der Waals surface area contributed by atoms with E-state index >= 15 is 4.39 Å². The topological polar surface area (TPSA) is 215 Å². The first kappa shape index (κ1) is 51.2.